The second-order valence-electron chi connectivity index (χ2n) is 5.16. The predicted molar refractivity (Wildman–Crippen MR) is 82.3 cm³/mol. The fraction of sp³-hybridized carbons (Fsp3) is 0.429. The number of hydroxylamine groups is 1. The highest BCUT2D eigenvalue weighted by molar-refractivity contribution is 7.99. The molecule has 1 aromatic carbocycles. The molecule has 0 bridgehead atoms. The largest absolute Gasteiger partial charge is 0.338 e. The Bertz CT molecular complexity index is 497. The number of hydrogen-bond acceptors (Lipinski definition) is 5. The van der Waals surface area contributed by atoms with E-state index in [1.807, 2.05) is 19.1 Å². The summed E-state index contributed by atoms with van der Waals surface area (Å²) >= 11 is 1.67. The molecule has 116 valence electrons. The van der Waals surface area contributed by atoms with E-state index in [2.05, 4.69) is 5.32 Å². The van der Waals surface area contributed by atoms with Crippen molar-refractivity contribution in [2.45, 2.75) is 37.2 Å². The van der Waals surface area contributed by atoms with E-state index in [1.54, 1.807) is 37.7 Å². The number of rotatable bonds is 6. The molecule has 0 spiro atoms. The van der Waals surface area contributed by atoms with Crippen molar-refractivity contribution < 1.29 is 14.8 Å². The van der Waals surface area contributed by atoms with Crippen molar-refractivity contribution >= 4 is 23.6 Å². The van der Waals surface area contributed by atoms with Gasteiger partial charge in [0.1, 0.15) is 6.04 Å². The molecule has 5 N–H and O–H groups in total. The quantitative estimate of drug-likeness (QED) is 0.358. The van der Waals surface area contributed by atoms with Gasteiger partial charge in [-0.25, -0.2) is 5.48 Å². The standard InChI is InChI=1S/C14H21N3O3S/c1-4-21-10-7-5-9(6-8-10)12(18)16-11(13(19)17-20)14(2,3)15/h5-8,11,20H,4,15H2,1-3H3,(H,16,18)(H,17,19). The molecule has 0 radical (unpaired) electrons. The Kier molecular flexibility index (Phi) is 6.19. The number of carbonyl (C=O) groups is 2. The van der Waals surface area contributed by atoms with Crippen LogP contribution >= 0.6 is 11.8 Å². The van der Waals surface area contributed by atoms with Crippen LogP contribution in [0.25, 0.3) is 0 Å². The van der Waals surface area contributed by atoms with Crippen molar-refractivity contribution in [3.05, 3.63) is 29.8 Å². The average molecular weight is 311 g/mol. The van der Waals surface area contributed by atoms with Crippen LogP contribution in [0.5, 0.6) is 0 Å². The zero-order valence-corrected chi connectivity index (χ0v) is 13.2. The van der Waals surface area contributed by atoms with Crippen LogP contribution < -0.4 is 16.5 Å². The van der Waals surface area contributed by atoms with Crippen LogP contribution in [0.3, 0.4) is 0 Å². The summed E-state index contributed by atoms with van der Waals surface area (Å²) in [4.78, 5) is 24.8. The number of carbonyl (C=O) groups excluding carboxylic acids is 2. The Labute approximate surface area is 128 Å². The fourth-order valence-corrected chi connectivity index (χ4v) is 2.40. The van der Waals surface area contributed by atoms with E-state index < -0.39 is 23.4 Å². The lowest BCUT2D eigenvalue weighted by molar-refractivity contribution is -0.132. The van der Waals surface area contributed by atoms with Crippen molar-refractivity contribution in [1.29, 1.82) is 0 Å². The van der Waals surface area contributed by atoms with Gasteiger partial charge in [0, 0.05) is 16.0 Å². The van der Waals surface area contributed by atoms with Crippen LogP contribution in [-0.2, 0) is 4.79 Å². The molecule has 0 fully saturated rings. The Balaban J connectivity index is 2.84. The molecular formula is C14H21N3O3S. The number of nitrogens with one attached hydrogen (secondary N) is 2. The van der Waals surface area contributed by atoms with Crippen LogP contribution in [0.2, 0.25) is 0 Å². The zero-order chi connectivity index (χ0) is 16.0. The monoisotopic (exact) mass is 311 g/mol. The number of hydrogen-bond donors (Lipinski definition) is 4. The molecule has 0 saturated carbocycles. The first kappa shape index (κ1) is 17.5. The van der Waals surface area contributed by atoms with Crippen molar-refractivity contribution in [3.8, 4) is 0 Å². The number of thioether (sulfide) groups is 1. The smallest absolute Gasteiger partial charge is 0.267 e. The molecule has 0 saturated heterocycles. The van der Waals surface area contributed by atoms with E-state index in [0.717, 1.165) is 10.6 Å². The Hall–Kier alpha value is -1.57. The van der Waals surface area contributed by atoms with Crippen molar-refractivity contribution in [2.75, 3.05) is 5.75 Å². The molecule has 1 rings (SSSR count). The highest BCUT2D eigenvalue weighted by Gasteiger charge is 2.33. The Morgan fingerprint density at radius 2 is 1.90 bits per heavy atom. The second-order valence-corrected chi connectivity index (χ2v) is 6.50. The molecule has 21 heavy (non-hydrogen) atoms. The molecule has 0 aromatic heterocycles. The van der Waals surface area contributed by atoms with Crippen LogP contribution in [0.4, 0.5) is 0 Å². The minimum Gasteiger partial charge on any atom is -0.338 e. The molecule has 7 heteroatoms. The predicted octanol–water partition coefficient (Wildman–Crippen LogP) is 1.14. The summed E-state index contributed by atoms with van der Waals surface area (Å²) in [6.45, 7) is 5.23. The van der Waals surface area contributed by atoms with E-state index in [0.29, 0.717) is 5.56 Å². The van der Waals surface area contributed by atoms with Gasteiger partial charge in [-0.15, -0.1) is 11.8 Å². The summed E-state index contributed by atoms with van der Waals surface area (Å²) in [5, 5.41) is 11.3. The molecule has 2 amide bonds. The van der Waals surface area contributed by atoms with E-state index >= 15 is 0 Å². The molecule has 0 heterocycles. The summed E-state index contributed by atoms with van der Waals surface area (Å²) in [5.74, 6) is -0.227. The molecule has 0 aliphatic heterocycles. The van der Waals surface area contributed by atoms with E-state index in [-0.39, 0.29) is 0 Å². The van der Waals surface area contributed by atoms with Gasteiger partial charge in [-0.3, -0.25) is 14.8 Å². The maximum absolute atomic E-state index is 12.2. The minimum absolute atomic E-state index is 0.421. The van der Waals surface area contributed by atoms with Crippen LogP contribution in [0.15, 0.2) is 29.2 Å². The first-order chi connectivity index (χ1) is 9.79. The van der Waals surface area contributed by atoms with Crippen LogP contribution in [-0.4, -0.2) is 34.4 Å². The summed E-state index contributed by atoms with van der Waals surface area (Å²) in [6.07, 6.45) is 0. The third kappa shape index (κ3) is 5.04. The number of amides is 2. The summed E-state index contributed by atoms with van der Waals surface area (Å²) in [5.41, 5.74) is 6.79. The van der Waals surface area contributed by atoms with Crippen LogP contribution in [0.1, 0.15) is 31.1 Å². The van der Waals surface area contributed by atoms with Gasteiger partial charge in [-0.05, 0) is 43.9 Å². The average Bonchev–Trinajstić information content (AvgIpc) is 2.43. The van der Waals surface area contributed by atoms with Gasteiger partial charge in [0.2, 0.25) is 0 Å². The Morgan fingerprint density at radius 3 is 2.33 bits per heavy atom. The van der Waals surface area contributed by atoms with Gasteiger partial charge in [-0.2, -0.15) is 0 Å². The van der Waals surface area contributed by atoms with Gasteiger partial charge in [0.15, 0.2) is 0 Å². The molecule has 1 atom stereocenters. The fourth-order valence-electron chi connectivity index (χ4n) is 1.74. The number of nitrogens with two attached hydrogens (primary N) is 1. The van der Waals surface area contributed by atoms with Gasteiger partial charge in [0.05, 0.1) is 0 Å². The number of benzene rings is 1. The van der Waals surface area contributed by atoms with Crippen molar-refractivity contribution in [2.24, 2.45) is 5.73 Å². The van der Waals surface area contributed by atoms with Gasteiger partial charge < -0.3 is 11.1 Å². The molecule has 6 nitrogen and oxygen atoms in total. The lowest BCUT2D eigenvalue weighted by atomic mass is 9.95. The van der Waals surface area contributed by atoms with Gasteiger partial charge >= 0.3 is 0 Å². The highest BCUT2D eigenvalue weighted by Crippen LogP contribution is 2.18. The first-order valence-corrected chi connectivity index (χ1v) is 7.54. The molecular weight excluding hydrogens is 290 g/mol. The van der Waals surface area contributed by atoms with E-state index in [9.17, 15) is 9.59 Å². The second kappa shape index (κ2) is 7.44. The van der Waals surface area contributed by atoms with Crippen molar-refractivity contribution in [3.63, 3.8) is 0 Å². The third-order valence-corrected chi connectivity index (χ3v) is 3.71. The third-order valence-electron chi connectivity index (χ3n) is 2.82. The van der Waals surface area contributed by atoms with Crippen molar-refractivity contribution in [1.82, 2.24) is 10.8 Å². The lowest BCUT2D eigenvalue weighted by Crippen LogP contribution is -2.61. The van der Waals surface area contributed by atoms with Gasteiger partial charge in [0.25, 0.3) is 11.8 Å². The maximum atomic E-state index is 12.2. The maximum Gasteiger partial charge on any atom is 0.267 e. The topological polar surface area (TPSA) is 104 Å². The van der Waals surface area contributed by atoms with Crippen LogP contribution in [0, 0.1) is 0 Å². The minimum atomic E-state index is -1.04. The van der Waals surface area contributed by atoms with E-state index in [4.69, 9.17) is 10.9 Å². The lowest BCUT2D eigenvalue weighted by Gasteiger charge is -2.29. The summed E-state index contributed by atoms with van der Waals surface area (Å²) in [7, 11) is 0. The summed E-state index contributed by atoms with van der Waals surface area (Å²) in [6, 6.07) is 6.02. The van der Waals surface area contributed by atoms with E-state index in [1.165, 1.54) is 5.48 Å². The highest BCUT2D eigenvalue weighted by atomic mass is 32.2. The Morgan fingerprint density at radius 1 is 1.33 bits per heavy atom. The molecule has 0 aliphatic rings. The zero-order valence-electron chi connectivity index (χ0n) is 12.3. The molecule has 1 unspecified atom stereocenters. The molecule has 0 aliphatic carbocycles. The first-order valence-electron chi connectivity index (χ1n) is 6.56. The SMILES string of the molecule is CCSc1ccc(C(=O)NC(C(=O)NO)C(C)(C)N)cc1. The molecule has 1 aromatic rings. The van der Waals surface area contributed by atoms with Gasteiger partial charge in [-0.1, -0.05) is 6.92 Å². The summed E-state index contributed by atoms with van der Waals surface area (Å²) < 4.78 is 0. The normalized spacial score (nSPS) is 12.6.